The molecule has 1 aliphatic heterocycles. The van der Waals surface area contributed by atoms with Gasteiger partial charge in [-0.2, -0.15) is 0 Å². The zero-order valence-electron chi connectivity index (χ0n) is 17.6. The molecule has 0 atom stereocenters. The lowest BCUT2D eigenvalue weighted by molar-refractivity contribution is -0.0172. The molecule has 0 aliphatic carbocycles. The molecule has 0 saturated heterocycles. The van der Waals surface area contributed by atoms with E-state index < -0.39 is 0 Å². The van der Waals surface area contributed by atoms with Crippen molar-refractivity contribution < 1.29 is 23.3 Å². The molecule has 0 fully saturated rings. The Balaban J connectivity index is 1.71. The number of halogens is 1. The van der Waals surface area contributed by atoms with Crippen molar-refractivity contribution in [2.24, 2.45) is 4.99 Å². The molecule has 2 aromatic carbocycles. The topological polar surface area (TPSA) is 73.3 Å². The Labute approximate surface area is 176 Å². The first kappa shape index (κ1) is 21.7. The van der Waals surface area contributed by atoms with Crippen molar-refractivity contribution in [2.45, 2.75) is 26.9 Å². The third-order valence-electron chi connectivity index (χ3n) is 4.47. The molecule has 1 heterocycles. The van der Waals surface area contributed by atoms with Crippen molar-refractivity contribution in [3.05, 3.63) is 47.3 Å². The van der Waals surface area contributed by atoms with Gasteiger partial charge in [-0.15, -0.1) is 0 Å². The maximum atomic E-state index is 13.9. The predicted octanol–water partition coefficient (Wildman–Crippen LogP) is 3.72. The number of fused-ring (bicyclic) bond motifs is 1. The van der Waals surface area contributed by atoms with Crippen LogP contribution >= 0.6 is 0 Å². The van der Waals surface area contributed by atoms with Gasteiger partial charge in [0.15, 0.2) is 24.3 Å². The number of methoxy groups -OCH3 is 1. The van der Waals surface area contributed by atoms with Crippen LogP contribution in [0.15, 0.2) is 35.3 Å². The van der Waals surface area contributed by atoms with Crippen molar-refractivity contribution in [1.29, 1.82) is 0 Å². The maximum Gasteiger partial charge on any atom is 0.195 e. The zero-order valence-corrected chi connectivity index (χ0v) is 17.6. The van der Waals surface area contributed by atoms with Gasteiger partial charge in [0.05, 0.1) is 20.3 Å². The smallest absolute Gasteiger partial charge is 0.195 e. The van der Waals surface area contributed by atoms with Gasteiger partial charge in [0, 0.05) is 30.4 Å². The molecule has 30 heavy (non-hydrogen) atoms. The minimum Gasteiger partial charge on any atom is -0.493 e. The number of hydrogen-bond acceptors (Lipinski definition) is 5. The Morgan fingerprint density at radius 2 is 2.07 bits per heavy atom. The van der Waals surface area contributed by atoms with Crippen molar-refractivity contribution in [1.82, 2.24) is 5.32 Å². The molecule has 1 aliphatic rings. The van der Waals surface area contributed by atoms with E-state index in [0.29, 0.717) is 55.9 Å². The van der Waals surface area contributed by atoms with E-state index in [-0.39, 0.29) is 12.6 Å². The fourth-order valence-corrected chi connectivity index (χ4v) is 3.20. The Morgan fingerprint density at radius 3 is 2.83 bits per heavy atom. The Morgan fingerprint density at radius 1 is 1.20 bits per heavy atom. The van der Waals surface area contributed by atoms with Crippen LogP contribution in [-0.2, 0) is 17.8 Å². The number of rotatable bonds is 8. The normalized spacial score (nSPS) is 13.3. The molecule has 0 spiro atoms. The van der Waals surface area contributed by atoms with Crippen molar-refractivity contribution in [3.63, 3.8) is 0 Å². The number of nitrogens with one attached hydrogen (secondary N) is 2. The standard InChI is InChI=1S/C22H28FN3O4/c1-4-24-22(26-18-6-7-19(27-3)20(12-18)29-5-2)25-9-8-15-10-17(23)11-16-13-28-14-30-21(15)16/h6-7,10-12H,4-5,8-9,13-14H2,1-3H3,(H2,24,25,26). The van der Waals surface area contributed by atoms with E-state index in [1.165, 1.54) is 12.1 Å². The lowest BCUT2D eigenvalue weighted by Gasteiger charge is -2.20. The van der Waals surface area contributed by atoms with E-state index in [2.05, 4.69) is 15.6 Å². The van der Waals surface area contributed by atoms with Crippen LogP contribution in [0.1, 0.15) is 25.0 Å². The van der Waals surface area contributed by atoms with Crippen LogP contribution in [0.4, 0.5) is 10.1 Å². The number of anilines is 1. The number of benzene rings is 2. The highest BCUT2D eigenvalue weighted by atomic mass is 19.1. The SMILES string of the molecule is CCNC(=NCCc1cc(F)cc2c1OCOC2)Nc1ccc(OC)c(OCC)c1. The molecule has 0 unspecified atom stereocenters. The summed E-state index contributed by atoms with van der Waals surface area (Å²) in [6.45, 7) is 6.16. The lowest BCUT2D eigenvalue weighted by Crippen LogP contribution is -2.31. The molecule has 0 amide bonds. The van der Waals surface area contributed by atoms with Crippen molar-refractivity contribution >= 4 is 11.6 Å². The number of hydrogen-bond donors (Lipinski definition) is 2. The molecular formula is C22H28FN3O4. The molecule has 0 bridgehead atoms. The van der Waals surface area contributed by atoms with E-state index >= 15 is 0 Å². The molecule has 0 saturated carbocycles. The van der Waals surface area contributed by atoms with E-state index in [0.717, 1.165) is 16.8 Å². The fraction of sp³-hybridized carbons (Fsp3) is 0.409. The summed E-state index contributed by atoms with van der Waals surface area (Å²) in [4.78, 5) is 4.61. The molecule has 0 radical (unpaired) electrons. The fourth-order valence-electron chi connectivity index (χ4n) is 3.20. The third kappa shape index (κ3) is 5.54. The maximum absolute atomic E-state index is 13.9. The molecule has 2 aromatic rings. The summed E-state index contributed by atoms with van der Waals surface area (Å²) in [5.74, 6) is 2.36. The Kier molecular flexibility index (Phi) is 7.73. The second-order valence-corrected chi connectivity index (χ2v) is 6.60. The lowest BCUT2D eigenvalue weighted by atomic mass is 10.1. The van der Waals surface area contributed by atoms with Crippen LogP contribution in [0.2, 0.25) is 0 Å². The summed E-state index contributed by atoms with van der Waals surface area (Å²) in [7, 11) is 1.61. The summed E-state index contributed by atoms with van der Waals surface area (Å²) in [6, 6.07) is 8.55. The molecule has 3 rings (SSSR count). The van der Waals surface area contributed by atoms with Crippen LogP contribution in [0, 0.1) is 5.82 Å². The molecule has 8 heteroatoms. The Bertz CT molecular complexity index is 889. The first-order chi connectivity index (χ1) is 14.6. The molecule has 2 N–H and O–H groups in total. The van der Waals surface area contributed by atoms with Crippen molar-refractivity contribution in [2.75, 3.05) is 38.9 Å². The first-order valence-corrected chi connectivity index (χ1v) is 10.0. The molecular weight excluding hydrogens is 389 g/mol. The Hall–Kier alpha value is -3.00. The van der Waals surface area contributed by atoms with Gasteiger partial charge in [0.1, 0.15) is 11.6 Å². The van der Waals surface area contributed by atoms with Gasteiger partial charge < -0.3 is 29.6 Å². The average Bonchev–Trinajstić information content (AvgIpc) is 2.74. The van der Waals surface area contributed by atoms with Gasteiger partial charge in [-0.1, -0.05) is 0 Å². The second-order valence-electron chi connectivity index (χ2n) is 6.60. The average molecular weight is 417 g/mol. The van der Waals surface area contributed by atoms with E-state index in [4.69, 9.17) is 18.9 Å². The first-order valence-electron chi connectivity index (χ1n) is 10.0. The summed E-state index contributed by atoms with van der Waals surface area (Å²) in [6.07, 6.45) is 0.545. The highest BCUT2D eigenvalue weighted by Crippen LogP contribution is 2.31. The summed E-state index contributed by atoms with van der Waals surface area (Å²) in [5, 5.41) is 6.48. The molecule has 162 valence electrons. The summed E-state index contributed by atoms with van der Waals surface area (Å²) in [5.41, 5.74) is 2.34. The van der Waals surface area contributed by atoms with Gasteiger partial charge in [-0.25, -0.2) is 4.39 Å². The molecule has 7 nitrogen and oxygen atoms in total. The van der Waals surface area contributed by atoms with Gasteiger partial charge in [0.2, 0.25) is 0 Å². The number of aliphatic imine (C=N–C) groups is 1. The minimum absolute atomic E-state index is 0.179. The van der Waals surface area contributed by atoms with E-state index in [9.17, 15) is 4.39 Å². The largest absolute Gasteiger partial charge is 0.493 e. The highest BCUT2D eigenvalue weighted by molar-refractivity contribution is 5.93. The van der Waals surface area contributed by atoms with Crippen LogP contribution in [-0.4, -0.2) is 39.6 Å². The summed E-state index contributed by atoms with van der Waals surface area (Å²) >= 11 is 0. The van der Waals surface area contributed by atoms with Crippen LogP contribution < -0.4 is 24.8 Å². The van der Waals surface area contributed by atoms with Crippen LogP contribution in [0.5, 0.6) is 17.2 Å². The monoisotopic (exact) mass is 417 g/mol. The second kappa shape index (κ2) is 10.7. The van der Waals surface area contributed by atoms with Gasteiger partial charge >= 0.3 is 0 Å². The number of nitrogens with zero attached hydrogens (tertiary/aromatic N) is 1. The van der Waals surface area contributed by atoms with Crippen LogP contribution in [0.25, 0.3) is 0 Å². The predicted molar refractivity (Wildman–Crippen MR) is 114 cm³/mol. The third-order valence-corrected chi connectivity index (χ3v) is 4.47. The van der Waals surface area contributed by atoms with Gasteiger partial charge in [-0.3, -0.25) is 4.99 Å². The van der Waals surface area contributed by atoms with Crippen LogP contribution in [0.3, 0.4) is 0 Å². The van der Waals surface area contributed by atoms with E-state index in [1.807, 2.05) is 32.0 Å². The number of ether oxygens (including phenoxy) is 4. The minimum atomic E-state index is -0.298. The zero-order chi connectivity index (χ0) is 21.3. The summed E-state index contributed by atoms with van der Waals surface area (Å²) < 4.78 is 35.7. The molecule has 0 aromatic heterocycles. The highest BCUT2D eigenvalue weighted by Gasteiger charge is 2.16. The number of guanidine groups is 1. The van der Waals surface area contributed by atoms with Gasteiger partial charge in [0.25, 0.3) is 0 Å². The van der Waals surface area contributed by atoms with Crippen molar-refractivity contribution in [3.8, 4) is 17.2 Å². The van der Waals surface area contributed by atoms with Gasteiger partial charge in [-0.05, 0) is 50.1 Å². The van der Waals surface area contributed by atoms with E-state index in [1.54, 1.807) is 7.11 Å². The quantitative estimate of drug-likeness (QED) is 0.504.